The molecule has 1 aliphatic carbocycles. The molecule has 0 spiro atoms. The third-order valence-electron chi connectivity index (χ3n) is 4.81. The number of hydrogen-bond acceptors (Lipinski definition) is 5. The molecular weight excluding hydrogens is 354 g/mol. The second-order valence-electron chi connectivity index (χ2n) is 6.75. The summed E-state index contributed by atoms with van der Waals surface area (Å²) in [6.45, 7) is 10.5. The Kier molecular flexibility index (Phi) is 6.85. The molecule has 1 heterocycles. The number of fused-ring (bicyclic) bond motifs is 1. The number of hydrogen-bond donors (Lipinski definition) is 1. The zero-order valence-electron chi connectivity index (χ0n) is 16.1. The first-order chi connectivity index (χ1) is 13.7. The number of pyridine rings is 1. The van der Waals surface area contributed by atoms with Gasteiger partial charge in [0.2, 0.25) is 5.69 Å². The molecule has 0 saturated carbocycles. The van der Waals surface area contributed by atoms with E-state index in [2.05, 4.69) is 27.3 Å². The molecule has 1 aromatic carbocycles. The zero-order chi connectivity index (χ0) is 19.8. The fourth-order valence-electron chi connectivity index (χ4n) is 3.44. The lowest BCUT2D eigenvalue weighted by Crippen LogP contribution is -2.09. The number of esters is 1. The van der Waals surface area contributed by atoms with Crippen molar-refractivity contribution in [2.24, 2.45) is 0 Å². The minimum atomic E-state index is -0.119. The summed E-state index contributed by atoms with van der Waals surface area (Å²) in [5.74, 6) is 1.77. The average Bonchev–Trinajstić information content (AvgIpc) is 3.10. The van der Waals surface area contributed by atoms with E-state index < -0.39 is 0 Å². The molecule has 3 rings (SSSR count). The van der Waals surface area contributed by atoms with E-state index in [1.807, 2.05) is 13.0 Å². The number of rotatable bonds is 9. The van der Waals surface area contributed by atoms with Crippen molar-refractivity contribution in [1.82, 2.24) is 4.98 Å². The van der Waals surface area contributed by atoms with Crippen molar-refractivity contribution in [3.8, 4) is 5.75 Å². The summed E-state index contributed by atoms with van der Waals surface area (Å²) in [4.78, 5) is 19.3. The summed E-state index contributed by atoms with van der Waals surface area (Å²) < 4.78 is 10.9. The van der Waals surface area contributed by atoms with Crippen LogP contribution in [-0.2, 0) is 16.0 Å². The van der Waals surface area contributed by atoms with E-state index >= 15 is 0 Å². The highest BCUT2D eigenvalue weighted by molar-refractivity contribution is 5.71. The van der Waals surface area contributed by atoms with Crippen LogP contribution in [0.3, 0.4) is 0 Å². The smallest absolute Gasteiger partial charge is 0.306 e. The van der Waals surface area contributed by atoms with Gasteiger partial charge in [0.1, 0.15) is 11.6 Å². The van der Waals surface area contributed by atoms with Crippen molar-refractivity contribution in [1.29, 1.82) is 0 Å². The summed E-state index contributed by atoms with van der Waals surface area (Å²) in [6.07, 6.45) is 4.82. The van der Waals surface area contributed by atoms with Crippen LogP contribution in [0.1, 0.15) is 43.2 Å². The molecule has 28 heavy (non-hydrogen) atoms. The zero-order valence-corrected chi connectivity index (χ0v) is 16.1. The number of anilines is 1. The van der Waals surface area contributed by atoms with Gasteiger partial charge in [0.25, 0.3) is 0 Å². The highest BCUT2D eigenvalue weighted by Gasteiger charge is 2.25. The molecule has 0 fully saturated rings. The molecule has 1 aromatic heterocycles. The van der Waals surface area contributed by atoms with E-state index in [9.17, 15) is 4.79 Å². The van der Waals surface area contributed by atoms with Crippen molar-refractivity contribution >= 4 is 17.5 Å². The van der Waals surface area contributed by atoms with Crippen LogP contribution in [0.5, 0.6) is 5.75 Å². The molecule has 1 aliphatic rings. The van der Waals surface area contributed by atoms with Crippen molar-refractivity contribution in [3.05, 3.63) is 59.1 Å². The minimum Gasteiger partial charge on any atom is -0.494 e. The van der Waals surface area contributed by atoms with Gasteiger partial charge < -0.3 is 14.8 Å². The van der Waals surface area contributed by atoms with Crippen LogP contribution in [-0.4, -0.2) is 30.7 Å². The van der Waals surface area contributed by atoms with Gasteiger partial charge in [-0.1, -0.05) is 12.1 Å². The van der Waals surface area contributed by atoms with Crippen LogP contribution < -0.4 is 10.1 Å². The van der Waals surface area contributed by atoms with Crippen LogP contribution in [0.15, 0.2) is 36.5 Å². The second-order valence-corrected chi connectivity index (χ2v) is 6.75. The van der Waals surface area contributed by atoms with E-state index in [4.69, 9.17) is 16.0 Å². The van der Waals surface area contributed by atoms with E-state index in [1.165, 1.54) is 11.1 Å². The third kappa shape index (κ3) is 5.23. The van der Waals surface area contributed by atoms with Crippen molar-refractivity contribution in [2.75, 3.05) is 25.1 Å². The first-order valence-corrected chi connectivity index (χ1v) is 9.68. The quantitative estimate of drug-likeness (QED) is 0.395. The number of carbonyl (C=O) groups is 1. The Morgan fingerprint density at radius 3 is 3.00 bits per heavy atom. The number of aryl methyl sites for hydroxylation is 1. The Morgan fingerprint density at radius 2 is 2.25 bits per heavy atom. The molecule has 6 heteroatoms. The Hall–Kier alpha value is -3.07. The molecule has 1 atom stereocenters. The van der Waals surface area contributed by atoms with Crippen molar-refractivity contribution in [2.45, 2.75) is 38.5 Å². The summed E-state index contributed by atoms with van der Waals surface area (Å²) in [6, 6.07) is 9.72. The first kappa shape index (κ1) is 19.7. The molecular formula is C22H25N3O3. The molecule has 0 aliphatic heterocycles. The summed E-state index contributed by atoms with van der Waals surface area (Å²) in [7, 11) is 0. The van der Waals surface area contributed by atoms with Crippen molar-refractivity contribution < 1.29 is 14.3 Å². The summed E-state index contributed by atoms with van der Waals surface area (Å²) in [5.41, 5.74) is 3.06. The molecule has 146 valence electrons. The number of benzene rings is 1. The van der Waals surface area contributed by atoms with Gasteiger partial charge in [-0.3, -0.25) is 9.78 Å². The Balaban J connectivity index is 1.42. The van der Waals surface area contributed by atoms with Gasteiger partial charge in [0, 0.05) is 12.7 Å². The van der Waals surface area contributed by atoms with Gasteiger partial charge in [0.15, 0.2) is 0 Å². The van der Waals surface area contributed by atoms with Gasteiger partial charge in [-0.15, -0.1) is 0 Å². The minimum absolute atomic E-state index is 0.119. The van der Waals surface area contributed by atoms with Gasteiger partial charge in [0.05, 0.1) is 26.2 Å². The predicted molar refractivity (Wildman–Crippen MR) is 108 cm³/mol. The maximum Gasteiger partial charge on any atom is 0.306 e. The van der Waals surface area contributed by atoms with E-state index in [0.29, 0.717) is 25.3 Å². The number of ether oxygens (including phenoxy) is 2. The second kappa shape index (κ2) is 9.75. The monoisotopic (exact) mass is 379 g/mol. The van der Waals surface area contributed by atoms with Crippen LogP contribution in [0.25, 0.3) is 4.85 Å². The van der Waals surface area contributed by atoms with Crippen LogP contribution in [0, 0.1) is 6.57 Å². The van der Waals surface area contributed by atoms with E-state index in [1.54, 1.807) is 18.3 Å². The predicted octanol–water partition coefficient (Wildman–Crippen LogP) is 4.50. The SMILES string of the molecule is [C-]#[N+]c1ccc(NCCCOc2ccc3c(c2)CC[C@H]3CC(=O)OCC)nc1. The fourth-order valence-corrected chi connectivity index (χ4v) is 3.44. The van der Waals surface area contributed by atoms with Crippen LogP contribution >= 0.6 is 0 Å². The average molecular weight is 379 g/mol. The standard InChI is InChI=1S/C22H25N3O3/c1-3-27-22(26)14-17-6-5-16-13-19(8-9-20(16)17)28-12-4-11-24-21-10-7-18(23-2)15-25-21/h7-10,13,15,17H,3-6,11-12,14H2,1H3,(H,24,25)/t17-/m0/s1. The Labute approximate surface area is 165 Å². The fraction of sp³-hybridized carbons (Fsp3) is 0.409. The largest absolute Gasteiger partial charge is 0.494 e. The highest BCUT2D eigenvalue weighted by Crippen LogP contribution is 2.37. The van der Waals surface area contributed by atoms with Gasteiger partial charge in [-0.05, 0) is 61.4 Å². The normalized spacial score (nSPS) is 14.8. The molecule has 0 saturated heterocycles. The van der Waals surface area contributed by atoms with Gasteiger partial charge in [-0.2, -0.15) is 0 Å². The summed E-state index contributed by atoms with van der Waals surface area (Å²) >= 11 is 0. The molecule has 0 unspecified atom stereocenters. The lowest BCUT2D eigenvalue weighted by Gasteiger charge is -2.12. The maximum atomic E-state index is 11.7. The highest BCUT2D eigenvalue weighted by atomic mass is 16.5. The third-order valence-corrected chi connectivity index (χ3v) is 4.81. The van der Waals surface area contributed by atoms with Crippen molar-refractivity contribution in [3.63, 3.8) is 0 Å². The molecule has 0 amide bonds. The van der Waals surface area contributed by atoms with E-state index in [-0.39, 0.29) is 11.9 Å². The molecule has 6 nitrogen and oxygen atoms in total. The number of nitrogens with one attached hydrogen (secondary N) is 1. The van der Waals surface area contributed by atoms with Crippen LogP contribution in [0.2, 0.25) is 0 Å². The van der Waals surface area contributed by atoms with Crippen LogP contribution in [0.4, 0.5) is 11.5 Å². The maximum absolute atomic E-state index is 11.7. The lowest BCUT2D eigenvalue weighted by atomic mass is 9.98. The van der Waals surface area contributed by atoms with Gasteiger partial charge in [-0.25, -0.2) is 4.85 Å². The number of carbonyl (C=O) groups excluding carboxylic acids is 1. The lowest BCUT2D eigenvalue weighted by molar-refractivity contribution is -0.143. The van der Waals surface area contributed by atoms with Gasteiger partial charge >= 0.3 is 5.97 Å². The molecule has 2 aromatic rings. The molecule has 0 radical (unpaired) electrons. The molecule has 1 N–H and O–H groups in total. The Bertz CT molecular complexity index is 843. The molecule has 0 bridgehead atoms. The van der Waals surface area contributed by atoms with E-state index in [0.717, 1.165) is 37.4 Å². The number of nitrogens with zero attached hydrogens (tertiary/aromatic N) is 2. The Morgan fingerprint density at radius 1 is 1.36 bits per heavy atom. The number of aromatic nitrogens is 1. The first-order valence-electron chi connectivity index (χ1n) is 9.68. The topological polar surface area (TPSA) is 64.8 Å². The summed E-state index contributed by atoms with van der Waals surface area (Å²) in [5, 5.41) is 3.22.